The number of hydrogen-bond donors (Lipinski definition) is 1. The summed E-state index contributed by atoms with van der Waals surface area (Å²) >= 11 is 3.54. The number of carbonyl (C=O) groups is 1. The number of non-ortho nitro benzene ring substituents is 1. The molecule has 2 aromatic carbocycles. The molecule has 0 spiro atoms. The number of nitro groups is 1. The third kappa shape index (κ3) is 2.60. The maximum absolute atomic E-state index is 13.0. The minimum absolute atomic E-state index is 0.0549. The number of nitrogens with zero attached hydrogens (tertiary/aromatic N) is 2. The van der Waals surface area contributed by atoms with Gasteiger partial charge >= 0.3 is 0 Å². The number of hydrogen-bond acceptors (Lipinski definition) is 3. The Morgan fingerprint density at radius 3 is 2.84 bits per heavy atom. The molecule has 0 atom stereocenters. The van der Waals surface area contributed by atoms with Crippen molar-refractivity contribution in [2.24, 2.45) is 0 Å². The van der Waals surface area contributed by atoms with Crippen LogP contribution in [0.25, 0.3) is 10.9 Å². The lowest BCUT2D eigenvalue weighted by molar-refractivity contribution is -0.383. The molecule has 0 radical (unpaired) electrons. The number of nitrogens with one attached hydrogen (secondary N) is 1. The zero-order valence-corrected chi connectivity index (χ0v) is 14.7. The number of carbonyl (C=O) groups excluding carboxylic acids is 1. The van der Waals surface area contributed by atoms with Crippen LogP contribution in [0.5, 0.6) is 0 Å². The second kappa shape index (κ2) is 6.00. The Morgan fingerprint density at radius 2 is 2.04 bits per heavy atom. The van der Waals surface area contributed by atoms with Crippen molar-refractivity contribution < 1.29 is 9.72 Å². The molecule has 0 aliphatic carbocycles. The summed E-state index contributed by atoms with van der Waals surface area (Å²) in [6.07, 6.45) is 2.33. The fourth-order valence-corrected chi connectivity index (χ4v) is 3.90. The van der Waals surface area contributed by atoms with Crippen LogP contribution >= 0.6 is 15.9 Å². The molecular formula is C18H14BrN3O3. The van der Waals surface area contributed by atoms with Gasteiger partial charge in [0.05, 0.1) is 21.4 Å². The second-order valence-electron chi connectivity index (χ2n) is 6.01. The molecule has 3 aromatic rings. The minimum atomic E-state index is -0.449. The van der Waals surface area contributed by atoms with Gasteiger partial charge in [0.2, 0.25) is 0 Å². The number of amides is 1. The number of fused-ring (bicyclic) bond motifs is 2. The van der Waals surface area contributed by atoms with Crippen LogP contribution in [-0.4, -0.2) is 27.3 Å². The molecule has 0 unspecified atom stereocenters. The van der Waals surface area contributed by atoms with E-state index in [-0.39, 0.29) is 11.6 Å². The largest absolute Gasteiger partial charge is 0.360 e. The molecule has 7 heteroatoms. The Bertz CT molecular complexity index is 1010. The van der Waals surface area contributed by atoms with Gasteiger partial charge in [0, 0.05) is 29.8 Å². The lowest BCUT2D eigenvalue weighted by atomic mass is 9.99. The summed E-state index contributed by atoms with van der Waals surface area (Å²) in [5.41, 5.74) is 3.20. The average molecular weight is 400 g/mol. The summed E-state index contributed by atoms with van der Waals surface area (Å²) in [5, 5.41) is 11.7. The van der Waals surface area contributed by atoms with E-state index in [1.165, 1.54) is 11.6 Å². The third-order valence-corrected chi connectivity index (χ3v) is 5.36. The van der Waals surface area contributed by atoms with Crippen molar-refractivity contribution in [3.8, 4) is 0 Å². The van der Waals surface area contributed by atoms with Gasteiger partial charge in [0.15, 0.2) is 0 Å². The first kappa shape index (κ1) is 15.8. The molecule has 1 aromatic heterocycles. The maximum atomic E-state index is 13.0. The monoisotopic (exact) mass is 399 g/mol. The number of aromatic nitrogens is 1. The standard InChI is InChI=1S/C18H14BrN3O3/c19-14-4-1-3-11-7-8-21(10-13(11)14)18(23)12-9-20-15-5-2-6-16(17(12)15)22(24)25/h1-6,9,20H,7-8,10H2. The Labute approximate surface area is 151 Å². The molecule has 126 valence electrons. The van der Waals surface area contributed by atoms with Crippen LogP contribution in [0.15, 0.2) is 47.1 Å². The predicted molar refractivity (Wildman–Crippen MR) is 97.5 cm³/mol. The molecule has 25 heavy (non-hydrogen) atoms. The first-order valence-corrected chi connectivity index (χ1v) is 8.65. The normalized spacial score (nSPS) is 13.7. The first-order valence-electron chi connectivity index (χ1n) is 7.86. The molecule has 1 amide bonds. The highest BCUT2D eigenvalue weighted by molar-refractivity contribution is 9.10. The fraction of sp³-hybridized carbons (Fsp3) is 0.167. The number of aromatic amines is 1. The van der Waals surface area contributed by atoms with Crippen molar-refractivity contribution in [2.45, 2.75) is 13.0 Å². The quantitative estimate of drug-likeness (QED) is 0.521. The van der Waals surface area contributed by atoms with E-state index in [0.29, 0.717) is 29.6 Å². The van der Waals surface area contributed by atoms with Crippen LogP contribution in [0.3, 0.4) is 0 Å². The van der Waals surface area contributed by atoms with Crippen molar-refractivity contribution in [3.63, 3.8) is 0 Å². The fourth-order valence-electron chi connectivity index (χ4n) is 3.37. The van der Waals surface area contributed by atoms with Crippen molar-refractivity contribution >= 4 is 38.4 Å². The molecule has 1 aliphatic heterocycles. The maximum Gasteiger partial charge on any atom is 0.279 e. The van der Waals surface area contributed by atoms with Gasteiger partial charge in [-0.2, -0.15) is 0 Å². The lowest BCUT2D eigenvalue weighted by Gasteiger charge is -2.29. The van der Waals surface area contributed by atoms with E-state index in [2.05, 4.69) is 27.0 Å². The van der Waals surface area contributed by atoms with Crippen molar-refractivity contribution in [3.05, 3.63) is 73.9 Å². The van der Waals surface area contributed by atoms with Gasteiger partial charge in [-0.25, -0.2) is 0 Å². The van der Waals surface area contributed by atoms with Crippen LogP contribution in [0.4, 0.5) is 5.69 Å². The highest BCUT2D eigenvalue weighted by Gasteiger charge is 2.27. The second-order valence-corrected chi connectivity index (χ2v) is 6.87. The van der Waals surface area contributed by atoms with E-state index in [0.717, 1.165) is 16.5 Å². The summed E-state index contributed by atoms with van der Waals surface area (Å²) < 4.78 is 0.979. The smallest absolute Gasteiger partial charge is 0.279 e. The zero-order valence-electron chi connectivity index (χ0n) is 13.2. The molecule has 0 saturated heterocycles. The van der Waals surface area contributed by atoms with Gasteiger partial charge in [-0.1, -0.05) is 34.1 Å². The lowest BCUT2D eigenvalue weighted by Crippen LogP contribution is -2.36. The summed E-state index contributed by atoms with van der Waals surface area (Å²) in [6.45, 7) is 1.08. The van der Waals surface area contributed by atoms with Gasteiger partial charge in [-0.05, 0) is 29.7 Å². The number of rotatable bonds is 2. The molecule has 1 N–H and O–H groups in total. The third-order valence-electron chi connectivity index (χ3n) is 4.61. The number of benzene rings is 2. The average Bonchev–Trinajstić information content (AvgIpc) is 3.05. The summed E-state index contributed by atoms with van der Waals surface area (Å²) in [4.78, 5) is 28.6. The molecule has 0 bridgehead atoms. The Hall–Kier alpha value is -2.67. The van der Waals surface area contributed by atoms with Crippen LogP contribution in [0.2, 0.25) is 0 Å². The topological polar surface area (TPSA) is 79.2 Å². The molecule has 0 saturated carbocycles. The van der Waals surface area contributed by atoms with E-state index >= 15 is 0 Å². The van der Waals surface area contributed by atoms with Gasteiger partial charge < -0.3 is 9.88 Å². The van der Waals surface area contributed by atoms with Crippen molar-refractivity contribution in [1.82, 2.24) is 9.88 Å². The molecule has 2 heterocycles. The molecule has 1 aliphatic rings. The van der Waals surface area contributed by atoms with Gasteiger partial charge in [-0.15, -0.1) is 0 Å². The van der Waals surface area contributed by atoms with E-state index in [4.69, 9.17) is 0 Å². The number of halogens is 1. The Balaban J connectivity index is 1.74. The van der Waals surface area contributed by atoms with Gasteiger partial charge in [0.25, 0.3) is 11.6 Å². The molecular weight excluding hydrogens is 386 g/mol. The minimum Gasteiger partial charge on any atom is -0.360 e. The Kier molecular flexibility index (Phi) is 3.80. The number of H-pyrrole nitrogens is 1. The van der Waals surface area contributed by atoms with Gasteiger partial charge in [-0.3, -0.25) is 14.9 Å². The van der Waals surface area contributed by atoms with Crippen molar-refractivity contribution in [1.29, 1.82) is 0 Å². The van der Waals surface area contributed by atoms with Crippen LogP contribution in [-0.2, 0) is 13.0 Å². The SMILES string of the molecule is O=C(c1c[nH]c2cccc([N+](=O)[O-])c12)N1CCc2cccc(Br)c2C1. The van der Waals surface area contributed by atoms with Crippen LogP contribution in [0.1, 0.15) is 21.5 Å². The summed E-state index contributed by atoms with van der Waals surface area (Å²) in [5.74, 6) is -0.193. The Morgan fingerprint density at radius 1 is 1.24 bits per heavy atom. The van der Waals surface area contributed by atoms with Crippen LogP contribution < -0.4 is 0 Å². The van der Waals surface area contributed by atoms with E-state index in [9.17, 15) is 14.9 Å². The van der Waals surface area contributed by atoms with E-state index in [1.807, 2.05) is 12.1 Å². The van der Waals surface area contributed by atoms with E-state index < -0.39 is 4.92 Å². The van der Waals surface area contributed by atoms with Crippen LogP contribution in [0, 0.1) is 10.1 Å². The summed E-state index contributed by atoms with van der Waals surface area (Å²) in [6, 6.07) is 10.8. The van der Waals surface area contributed by atoms with Crippen molar-refractivity contribution in [2.75, 3.05) is 6.54 Å². The highest BCUT2D eigenvalue weighted by atomic mass is 79.9. The number of nitro benzene ring substituents is 1. The highest BCUT2D eigenvalue weighted by Crippen LogP contribution is 2.32. The van der Waals surface area contributed by atoms with Gasteiger partial charge in [0.1, 0.15) is 0 Å². The zero-order chi connectivity index (χ0) is 17.6. The molecule has 4 rings (SSSR count). The first-order chi connectivity index (χ1) is 12.1. The molecule has 0 fully saturated rings. The summed E-state index contributed by atoms with van der Waals surface area (Å²) in [7, 11) is 0. The predicted octanol–water partition coefficient (Wildman–Crippen LogP) is 4.04. The van der Waals surface area contributed by atoms with E-state index in [1.54, 1.807) is 23.2 Å². The molecule has 6 nitrogen and oxygen atoms in total.